The molecule has 0 spiro atoms. The van der Waals surface area contributed by atoms with E-state index in [0.29, 0.717) is 19.5 Å². The van der Waals surface area contributed by atoms with Gasteiger partial charge in [-0.05, 0) is 35.2 Å². The van der Waals surface area contributed by atoms with Gasteiger partial charge in [0.05, 0.1) is 6.26 Å². The van der Waals surface area contributed by atoms with Gasteiger partial charge in [0.1, 0.15) is 6.04 Å². The summed E-state index contributed by atoms with van der Waals surface area (Å²) in [6.07, 6.45) is 3.43. The van der Waals surface area contributed by atoms with E-state index in [-0.39, 0.29) is 5.91 Å². The highest BCUT2D eigenvalue weighted by atomic mass is 32.2. The molecule has 1 heterocycles. The standard InChI is InChI=1S/C18H22N2O3S/c1-24(22,23)20-11-5-4-8-17(20)18(21)19-13-14-9-10-15-6-2-3-7-16(15)12-14/h2-3,6-7,9-10,12,17H,4-5,8,11,13H2,1H3,(H,19,21). The first kappa shape index (κ1) is 16.9. The number of fused-ring (bicyclic) bond motifs is 1. The lowest BCUT2D eigenvalue weighted by atomic mass is 10.0. The second-order valence-corrected chi connectivity index (χ2v) is 8.22. The quantitative estimate of drug-likeness (QED) is 0.923. The van der Waals surface area contributed by atoms with Gasteiger partial charge in [-0.1, -0.05) is 42.8 Å². The molecule has 3 rings (SSSR count). The maximum Gasteiger partial charge on any atom is 0.238 e. The summed E-state index contributed by atoms with van der Waals surface area (Å²) in [4.78, 5) is 12.5. The fourth-order valence-corrected chi connectivity index (χ4v) is 4.34. The minimum Gasteiger partial charge on any atom is -0.351 e. The van der Waals surface area contributed by atoms with Crippen molar-refractivity contribution in [2.45, 2.75) is 31.8 Å². The summed E-state index contributed by atoms with van der Waals surface area (Å²) in [5.74, 6) is -0.215. The zero-order valence-corrected chi connectivity index (χ0v) is 14.6. The zero-order chi connectivity index (χ0) is 17.2. The van der Waals surface area contributed by atoms with Crippen LogP contribution in [0.15, 0.2) is 42.5 Å². The van der Waals surface area contributed by atoms with Crippen LogP contribution >= 0.6 is 0 Å². The largest absolute Gasteiger partial charge is 0.351 e. The molecule has 1 N–H and O–H groups in total. The Hall–Kier alpha value is -1.92. The number of hydrogen-bond acceptors (Lipinski definition) is 3. The number of hydrogen-bond donors (Lipinski definition) is 1. The van der Waals surface area contributed by atoms with Crippen molar-refractivity contribution >= 4 is 26.7 Å². The van der Waals surface area contributed by atoms with Crippen molar-refractivity contribution in [3.8, 4) is 0 Å². The van der Waals surface area contributed by atoms with Crippen LogP contribution in [0.25, 0.3) is 10.8 Å². The van der Waals surface area contributed by atoms with E-state index < -0.39 is 16.1 Å². The third-order valence-electron chi connectivity index (χ3n) is 4.46. The topological polar surface area (TPSA) is 66.5 Å². The third kappa shape index (κ3) is 3.76. The summed E-state index contributed by atoms with van der Waals surface area (Å²) in [5.41, 5.74) is 1.00. The minimum absolute atomic E-state index is 0.215. The van der Waals surface area contributed by atoms with Gasteiger partial charge >= 0.3 is 0 Å². The molecule has 6 heteroatoms. The molecular weight excluding hydrogens is 324 g/mol. The van der Waals surface area contributed by atoms with E-state index >= 15 is 0 Å². The molecule has 1 aliphatic heterocycles. The molecule has 1 amide bonds. The predicted molar refractivity (Wildman–Crippen MR) is 95.0 cm³/mol. The van der Waals surface area contributed by atoms with Crippen LogP contribution in [0.1, 0.15) is 24.8 Å². The SMILES string of the molecule is CS(=O)(=O)N1CCCCC1C(=O)NCc1ccc2ccccc2c1. The second kappa shape index (κ2) is 6.91. The Kier molecular flexibility index (Phi) is 4.87. The number of rotatable bonds is 4. The Balaban J connectivity index is 1.69. The van der Waals surface area contributed by atoms with Crippen molar-refractivity contribution < 1.29 is 13.2 Å². The van der Waals surface area contributed by atoms with Crippen LogP contribution in [0, 0.1) is 0 Å². The van der Waals surface area contributed by atoms with E-state index in [2.05, 4.69) is 5.32 Å². The average molecular weight is 346 g/mol. The molecule has 128 valence electrons. The fraction of sp³-hybridized carbons (Fsp3) is 0.389. The molecule has 0 bridgehead atoms. The molecule has 1 saturated heterocycles. The summed E-state index contributed by atoms with van der Waals surface area (Å²) in [7, 11) is -3.36. The number of nitrogens with one attached hydrogen (secondary N) is 1. The number of carbonyl (C=O) groups excluding carboxylic acids is 1. The van der Waals surface area contributed by atoms with E-state index in [0.717, 1.165) is 29.2 Å². The predicted octanol–water partition coefficient (Wildman–Crippen LogP) is 2.27. The van der Waals surface area contributed by atoms with Crippen molar-refractivity contribution in [1.82, 2.24) is 9.62 Å². The maximum atomic E-state index is 12.5. The van der Waals surface area contributed by atoms with E-state index in [9.17, 15) is 13.2 Å². The van der Waals surface area contributed by atoms with Gasteiger partial charge in [-0.15, -0.1) is 0 Å². The Morgan fingerprint density at radius 2 is 1.92 bits per heavy atom. The number of sulfonamides is 1. The summed E-state index contributed by atoms with van der Waals surface area (Å²) in [5, 5.41) is 5.17. The summed E-state index contributed by atoms with van der Waals surface area (Å²) < 4.78 is 25.1. The third-order valence-corrected chi connectivity index (χ3v) is 5.75. The molecule has 0 aliphatic carbocycles. The summed E-state index contributed by atoms with van der Waals surface area (Å²) >= 11 is 0. The van der Waals surface area contributed by atoms with Gasteiger partial charge in [-0.3, -0.25) is 4.79 Å². The van der Waals surface area contributed by atoms with E-state index in [1.165, 1.54) is 10.6 Å². The van der Waals surface area contributed by atoms with E-state index in [1.807, 2.05) is 42.5 Å². The molecule has 0 radical (unpaired) electrons. The van der Waals surface area contributed by atoms with Gasteiger partial charge in [-0.25, -0.2) is 8.42 Å². The fourth-order valence-electron chi connectivity index (χ4n) is 3.22. The van der Waals surface area contributed by atoms with Crippen LogP contribution in [-0.4, -0.2) is 37.5 Å². The van der Waals surface area contributed by atoms with E-state index in [4.69, 9.17) is 0 Å². The number of amides is 1. The van der Waals surface area contributed by atoms with Crippen molar-refractivity contribution in [3.63, 3.8) is 0 Å². The van der Waals surface area contributed by atoms with Gasteiger partial charge in [0.25, 0.3) is 0 Å². The van der Waals surface area contributed by atoms with Gasteiger partial charge in [0.15, 0.2) is 0 Å². The minimum atomic E-state index is -3.36. The Labute approximate surface area is 142 Å². The second-order valence-electron chi connectivity index (χ2n) is 6.28. The van der Waals surface area contributed by atoms with Crippen LogP contribution in [0.2, 0.25) is 0 Å². The molecule has 5 nitrogen and oxygen atoms in total. The summed E-state index contributed by atoms with van der Waals surface area (Å²) in [6, 6.07) is 13.5. The molecule has 0 aromatic heterocycles. The van der Waals surface area contributed by atoms with Crippen molar-refractivity contribution in [1.29, 1.82) is 0 Å². The number of piperidine rings is 1. The van der Waals surface area contributed by atoms with Crippen LogP contribution in [0.3, 0.4) is 0 Å². The molecule has 1 atom stereocenters. The smallest absolute Gasteiger partial charge is 0.238 e. The number of benzene rings is 2. The Morgan fingerprint density at radius 3 is 2.67 bits per heavy atom. The van der Waals surface area contributed by atoms with Gasteiger partial charge in [0.2, 0.25) is 15.9 Å². The van der Waals surface area contributed by atoms with Crippen molar-refractivity contribution in [3.05, 3.63) is 48.0 Å². The zero-order valence-electron chi connectivity index (χ0n) is 13.7. The molecule has 2 aromatic rings. The van der Waals surface area contributed by atoms with Gasteiger partial charge < -0.3 is 5.32 Å². The van der Waals surface area contributed by atoms with Gasteiger partial charge in [0, 0.05) is 13.1 Å². The lowest BCUT2D eigenvalue weighted by molar-refractivity contribution is -0.125. The molecule has 1 aliphatic rings. The molecular formula is C18H22N2O3S. The van der Waals surface area contributed by atoms with Crippen molar-refractivity contribution in [2.24, 2.45) is 0 Å². The first-order valence-corrected chi connectivity index (χ1v) is 10.0. The molecule has 1 fully saturated rings. The van der Waals surface area contributed by atoms with Crippen LogP contribution < -0.4 is 5.32 Å². The number of nitrogens with zero attached hydrogens (tertiary/aromatic N) is 1. The monoisotopic (exact) mass is 346 g/mol. The highest BCUT2D eigenvalue weighted by Gasteiger charge is 2.34. The highest BCUT2D eigenvalue weighted by Crippen LogP contribution is 2.20. The molecule has 24 heavy (non-hydrogen) atoms. The Morgan fingerprint density at radius 1 is 1.17 bits per heavy atom. The lowest BCUT2D eigenvalue weighted by Gasteiger charge is -2.32. The van der Waals surface area contributed by atoms with Crippen LogP contribution in [-0.2, 0) is 21.4 Å². The highest BCUT2D eigenvalue weighted by molar-refractivity contribution is 7.88. The van der Waals surface area contributed by atoms with Crippen LogP contribution in [0.5, 0.6) is 0 Å². The van der Waals surface area contributed by atoms with E-state index in [1.54, 1.807) is 0 Å². The van der Waals surface area contributed by atoms with Crippen molar-refractivity contribution in [2.75, 3.05) is 12.8 Å². The summed E-state index contributed by atoms with van der Waals surface area (Å²) in [6.45, 7) is 0.824. The van der Waals surface area contributed by atoms with Gasteiger partial charge in [-0.2, -0.15) is 4.31 Å². The Bertz CT molecular complexity index is 848. The average Bonchev–Trinajstić information content (AvgIpc) is 2.58. The number of carbonyl (C=O) groups is 1. The molecule has 2 aromatic carbocycles. The molecule has 0 saturated carbocycles. The lowest BCUT2D eigenvalue weighted by Crippen LogP contribution is -2.51. The molecule has 1 unspecified atom stereocenters. The first-order valence-electron chi connectivity index (χ1n) is 8.17. The maximum absolute atomic E-state index is 12.5. The first-order chi connectivity index (χ1) is 11.4. The normalized spacial score (nSPS) is 19.3. The van der Waals surface area contributed by atoms with Crippen LogP contribution in [0.4, 0.5) is 0 Å².